The lowest BCUT2D eigenvalue weighted by molar-refractivity contribution is -0.115. The van der Waals surface area contributed by atoms with Crippen LogP contribution in [0.4, 0.5) is 5.69 Å². The van der Waals surface area contributed by atoms with Crippen LogP contribution in [0.3, 0.4) is 0 Å². The Morgan fingerprint density at radius 1 is 1.31 bits per heavy atom. The summed E-state index contributed by atoms with van der Waals surface area (Å²) in [5.74, 6) is -0.141. The van der Waals surface area contributed by atoms with Gasteiger partial charge in [0.2, 0.25) is 5.91 Å². The summed E-state index contributed by atoms with van der Waals surface area (Å²) in [5.41, 5.74) is 3.65. The molecule has 1 unspecified atom stereocenters. The van der Waals surface area contributed by atoms with E-state index in [1.165, 1.54) is 24.0 Å². The number of halogens is 1. The first-order valence-electron chi connectivity index (χ1n) is 5.73. The SMILES string of the molecule is CC(Cl)C(=O)Nc1ccc2c(c1)CCCC2. The van der Waals surface area contributed by atoms with E-state index < -0.39 is 5.38 Å². The van der Waals surface area contributed by atoms with E-state index in [-0.39, 0.29) is 5.91 Å². The van der Waals surface area contributed by atoms with Crippen LogP contribution in [0.5, 0.6) is 0 Å². The van der Waals surface area contributed by atoms with Crippen LogP contribution in [0, 0.1) is 0 Å². The van der Waals surface area contributed by atoms with E-state index in [1.54, 1.807) is 6.92 Å². The van der Waals surface area contributed by atoms with Crippen LogP contribution in [0.15, 0.2) is 18.2 Å². The molecular formula is C13H16ClNO. The monoisotopic (exact) mass is 237 g/mol. The van der Waals surface area contributed by atoms with Crippen molar-refractivity contribution in [2.75, 3.05) is 5.32 Å². The number of carbonyl (C=O) groups is 1. The van der Waals surface area contributed by atoms with E-state index in [9.17, 15) is 4.79 Å². The molecule has 0 bridgehead atoms. The summed E-state index contributed by atoms with van der Waals surface area (Å²) in [6.45, 7) is 1.68. The summed E-state index contributed by atoms with van der Waals surface area (Å²) in [4.78, 5) is 11.4. The molecule has 1 aliphatic rings. The quantitative estimate of drug-likeness (QED) is 0.787. The van der Waals surface area contributed by atoms with Gasteiger partial charge in [-0.3, -0.25) is 4.79 Å². The smallest absolute Gasteiger partial charge is 0.242 e. The van der Waals surface area contributed by atoms with Crippen molar-refractivity contribution in [1.29, 1.82) is 0 Å². The molecule has 1 N–H and O–H groups in total. The summed E-state index contributed by atoms with van der Waals surface area (Å²) in [7, 11) is 0. The molecule has 2 nitrogen and oxygen atoms in total. The van der Waals surface area contributed by atoms with Crippen LogP contribution in [0.1, 0.15) is 30.9 Å². The molecule has 1 atom stereocenters. The second-order valence-corrected chi connectivity index (χ2v) is 4.95. The van der Waals surface area contributed by atoms with Gasteiger partial charge in [0, 0.05) is 5.69 Å². The predicted molar refractivity (Wildman–Crippen MR) is 67.0 cm³/mol. The Balaban J connectivity index is 2.14. The molecule has 0 saturated carbocycles. The predicted octanol–water partition coefficient (Wildman–Crippen LogP) is 3.13. The van der Waals surface area contributed by atoms with Crippen molar-refractivity contribution in [2.24, 2.45) is 0 Å². The number of rotatable bonds is 2. The van der Waals surface area contributed by atoms with Gasteiger partial charge in [0.05, 0.1) is 0 Å². The third-order valence-electron chi connectivity index (χ3n) is 2.98. The van der Waals surface area contributed by atoms with Crippen LogP contribution in [0.2, 0.25) is 0 Å². The van der Waals surface area contributed by atoms with Crippen molar-refractivity contribution in [3.8, 4) is 0 Å². The van der Waals surface area contributed by atoms with Gasteiger partial charge in [0.1, 0.15) is 5.38 Å². The lowest BCUT2D eigenvalue weighted by atomic mass is 9.91. The average Bonchev–Trinajstić information content (AvgIpc) is 2.28. The Kier molecular flexibility index (Phi) is 3.49. The van der Waals surface area contributed by atoms with Crippen molar-refractivity contribution in [2.45, 2.75) is 38.0 Å². The normalized spacial score (nSPS) is 16.4. The minimum absolute atomic E-state index is 0.141. The van der Waals surface area contributed by atoms with Gasteiger partial charge in [-0.2, -0.15) is 0 Å². The lowest BCUT2D eigenvalue weighted by Gasteiger charge is -2.17. The highest BCUT2D eigenvalue weighted by Crippen LogP contribution is 2.24. The Morgan fingerprint density at radius 2 is 2.00 bits per heavy atom. The lowest BCUT2D eigenvalue weighted by Crippen LogP contribution is -2.20. The van der Waals surface area contributed by atoms with Gasteiger partial charge in [0.15, 0.2) is 0 Å². The first kappa shape index (κ1) is 11.5. The number of alkyl halides is 1. The number of carbonyl (C=O) groups excluding carboxylic acids is 1. The molecular weight excluding hydrogens is 222 g/mol. The van der Waals surface area contributed by atoms with Crippen molar-refractivity contribution in [3.05, 3.63) is 29.3 Å². The zero-order valence-corrected chi connectivity index (χ0v) is 10.2. The molecule has 0 radical (unpaired) electrons. The third-order valence-corrected chi connectivity index (χ3v) is 3.18. The molecule has 3 heteroatoms. The number of amides is 1. The second-order valence-electron chi connectivity index (χ2n) is 4.30. The molecule has 0 fully saturated rings. The first-order valence-corrected chi connectivity index (χ1v) is 6.17. The number of fused-ring (bicyclic) bond motifs is 1. The topological polar surface area (TPSA) is 29.1 Å². The Hall–Kier alpha value is -1.02. The third kappa shape index (κ3) is 2.56. The van der Waals surface area contributed by atoms with Crippen LogP contribution >= 0.6 is 11.6 Å². The van der Waals surface area contributed by atoms with Crippen LogP contribution in [0.25, 0.3) is 0 Å². The molecule has 1 amide bonds. The minimum atomic E-state index is -0.490. The molecule has 16 heavy (non-hydrogen) atoms. The van der Waals surface area contributed by atoms with E-state index >= 15 is 0 Å². The van der Waals surface area contributed by atoms with Gasteiger partial charge in [0.25, 0.3) is 0 Å². The van der Waals surface area contributed by atoms with Crippen molar-refractivity contribution in [1.82, 2.24) is 0 Å². The number of hydrogen-bond acceptors (Lipinski definition) is 1. The van der Waals surface area contributed by atoms with Gasteiger partial charge in [-0.1, -0.05) is 6.07 Å². The number of hydrogen-bond donors (Lipinski definition) is 1. The zero-order chi connectivity index (χ0) is 11.5. The van der Waals surface area contributed by atoms with Crippen molar-refractivity contribution < 1.29 is 4.79 Å². The maximum absolute atomic E-state index is 11.4. The second kappa shape index (κ2) is 4.88. The maximum atomic E-state index is 11.4. The van der Waals surface area contributed by atoms with Crippen LogP contribution in [-0.2, 0) is 17.6 Å². The molecule has 1 aliphatic carbocycles. The minimum Gasteiger partial charge on any atom is -0.325 e. The highest BCUT2D eigenvalue weighted by Gasteiger charge is 2.12. The first-order chi connectivity index (χ1) is 7.66. The van der Waals surface area contributed by atoms with E-state index in [1.807, 2.05) is 6.07 Å². The summed E-state index contributed by atoms with van der Waals surface area (Å²) in [6, 6.07) is 6.15. The fraction of sp³-hybridized carbons (Fsp3) is 0.462. The van der Waals surface area contributed by atoms with Crippen LogP contribution < -0.4 is 5.32 Å². The number of benzene rings is 1. The summed E-state index contributed by atoms with van der Waals surface area (Å²) < 4.78 is 0. The highest BCUT2D eigenvalue weighted by atomic mass is 35.5. The Labute approximate surface area is 101 Å². The summed E-state index contributed by atoms with van der Waals surface area (Å²) in [5, 5.41) is 2.33. The van der Waals surface area contributed by atoms with Gasteiger partial charge in [-0.05, 0) is 55.9 Å². The van der Waals surface area contributed by atoms with E-state index in [0.29, 0.717) is 0 Å². The number of anilines is 1. The molecule has 2 rings (SSSR count). The zero-order valence-electron chi connectivity index (χ0n) is 9.42. The fourth-order valence-corrected chi connectivity index (χ4v) is 2.11. The molecule has 0 spiro atoms. The average molecular weight is 238 g/mol. The van der Waals surface area contributed by atoms with E-state index in [4.69, 9.17) is 11.6 Å². The number of nitrogens with one attached hydrogen (secondary N) is 1. The Morgan fingerprint density at radius 3 is 2.69 bits per heavy atom. The standard InChI is InChI=1S/C13H16ClNO/c1-9(14)13(16)15-12-7-6-10-4-2-3-5-11(10)8-12/h6-9H,2-5H2,1H3,(H,15,16). The summed E-state index contributed by atoms with van der Waals surface area (Å²) in [6.07, 6.45) is 4.80. The molecule has 0 saturated heterocycles. The van der Waals surface area contributed by atoms with Gasteiger partial charge < -0.3 is 5.32 Å². The molecule has 0 aromatic heterocycles. The van der Waals surface area contributed by atoms with E-state index in [0.717, 1.165) is 18.5 Å². The van der Waals surface area contributed by atoms with E-state index in [2.05, 4.69) is 17.4 Å². The summed E-state index contributed by atoms with van der Waals surface area (Å²) >= 11 is 5.71. The van der Waals surface area contributed by atoms with Gasteiger partial charge in [-0.25, -0.2) is 0 Å². The van der Waals surface area contributed by atoms with Gasteiger partial charge >= 0.3 is 0 Å². The fourth-order valence-electron chi connectivity index (χ4n) is 2.05. The largest absolute Gasteiger partial charge is 0.325 e. The molecule has 0 heterocycles. The number of aryl methyl sites for hydroxylation is 2. The van der Waals surface area contributed by atoms with Crippen LogP contribution in [-0.4, -0.2) is 11.3 Å². The Bertz CT molecular complexity index is 401. The maximum Gasteiger partial charge on any atom is 0.242 e. The van der Waals surface area contributed by atoms with Crippen molar-refractivity contribution in [3.63, 3.8) is 0 Å². The molecule has 0 aliphatic heterocycles. The molecule has 86 valence electrons. The molecule has 1 aromatic rings. The molecule has 1 aromatic carbocycles. The van der Waals surface area contributed by atoms with Crippen molar-refractivity contribution >= 4 is 23.2 Å². The highest BCUT2D eigenvalue weighted by molar-refractivity contribution is 6.32. The van der Waals surface area contributed by atoms with Gasteiger partial charge in [-0.15, -0.1) is 11.6 Å².